The van der Waals surface area contributed by atoms with Gasteiger partial charge in [0.1, 0.15) is 0 Å². The first-order chi connectivity index (χ1) is 10.6. The van der Waals surface area contributed by atoms with E-state index in [0.29, 0.717) is 27.9 Å². The molecule has 0 bridgehead atoms. The van der Waals surface area contributed by atoms with E-state index in [0.717, 1.165) is 0 Å². The Bertz CT molecular complexity index is 735. The monoisotopic (exact) mass is 363 g/mol. The third-order valence-corrected chi connectivity index (χ3v) is 6.29. The molecule has 0 saturated heterocycles. The zero-order chi connectivity index (χ0) is 15.7. The van der Waals surface area contributed by atoms with E-state index >= 15 is 0 Å². The van der Waals surface area contributed by atoms with Gasteiger partial charge in [0.05, 0.1) is 0 Å². The molecule has 1 amide bonds. The van der Waals surface area contributed by atoms with E-state index in [1.54, 1.807) is 55.5 Å². The molecule has 0 saturated carbocycles. The number of carbonyl (C=O) groups excluding carboxylic acids is 2. The van der Waals surface area contributed by atoms with Gasteiger partial charge in [0.25, 0.3) is 0 Å². The molecule has 0 aliphatic carbocycles. The maximum atomic E-state index is 12.6. The first-order valence-electron chi connectivity index (χ1n) is 6.76. The van der Waals surface area contributed by atoms with Crippen molar-refractivity contribution in [2.45, 2.75) is 6.92 Å². The average molecular weight is 362 g/mol. The fourth-order valence-corrected chi connectivity index (χ4v) is 4.96. The van der Waals surface area contributed by atoms with Crippen molar-refractivity contribution in [2.24, 2.45) is 0 Å². The first kappa shape index (κ1) is 14.6. The van der Waals surface area contributed by atoms with Gasteiger partial charge in [0.2, 0.25) is 0 Å². The van der Waals surface area contributed by atoms with Gasteiger partial charge in [-0.2, -0.15) is 0 Å². The summed E-state index contributed by atoms with van der Waals surface area (Å²) in [5.41, 5.74) is 1.41. The number of hydrogen-bond donors (Lipinski definition) is 0. The summed E-state index contributed by atoms with van der Waals surface area (Å²) < 4.78 is 19.4. The van der Waals surface area contributed by atoms with Crippen LogP contribution in [0, 0.1) is 0 Å². The molecule has 1 aliphatic heterocycles. The summed E-state index contributed by atoms with van der Waals surface area (Å²) in [4.78, 5) is 24.0. The van der Waals surface area contributed by atoms with Crippen LogP contribution in [0.4, 0.5) is 5.69 Å². The van der Waals surface area contributed by atoms with Crippen LogP contribution < -0.4 is 8.38 Å². The number of rotatable bonds is 3. The van der Waals surface area contributed by atoms with Crippen LogP contribution in [0.25, 0.3) is 0 Å². The Morgan fingerprint density at radius 1 is 1.14 bits per heavy atom. The minimum atomic E-state index is -2.63. The second-order valence-electron chi connectivity index (χ2n) is 4.61. The molecule has 22 heavy (non-hydrogen) atoms. The van der Waals surface area contributed by atoms with Gasteiger partial charge in [0, 0.05) is 0 Å². The van der Waals surface area contributed by atoms with Gasteiger partial charge < -0.3 is 0 Å². The second kappa shape index (κ2) is 5.83. The van der Waals surface area contributed by atoms with E-state index in [4.69, 9.17) is 4.74 Å². The molecule has 6 heteroatoms. The summed E-state index contributed by atoms with van der Waals surface area (Å²) in [5, 5.41) is 0. The summed E-state index contributed by atoms with van der Waals surface area (Å²) >= 11 is -2.63. The Hall–Kier alpha value is -2.30. The summed E-state index contributed by atoms with van der Waals surface area (Å²) in [6.45, 7) is 2.04. The fourth-order valence-electron chi connectivity index (χ4n) is 2.24. The molecule has 0 radical (unpaired) electrons. The summed E-state index contributed by atoms with van der Waals surface area (Å²) in [5.74, 6) is -0.681. The molecule has 112 valence electrons. The van der Waals surface area contributed by atoms with Gasteiger partial charge in [-0.1, -0.05) is 0 Å². The molecule has 3 rings (SSSR count). The Balaban J connectivity index is 1.92. The van der Waals surface area contributed by atoms with Crippen LogP contribution in [0.2, 0.25) is 0 Å². The number of anilines is 1. The Morgan fingerprint density at radius 2 is 1.82 bits per heavy atom. The van der Waals surface area contributed by atoms with Crippen LogP contribution in [0.1, 0.15) is 27.6 Å². The fraction of sp³-hybridized carbons (Fsp3) is 0.125. The molecule has 0 spiro atoms. The third kappa shape index (κ3) is 2.36. The topological polar surface area (TPSA) is 63.7 Å². The van der Waals surface area contributed by atoms with Crippen LogP contribution in [0.5, 0.6) is 0 Å². The van der Waals surface area contributed by atoms with Crippen molar-refractivity contribution in [1.82, 2.24) is 0 Å². The summed E-state index contributed by atoms with van der Waals surface area (Å²) in [6.07, 6.45) is 0. The summed E-state index contributed by atoms with van der Waals surface area (Å²) in [7, 11) is 0. The van der Waals surface area contributed by atoms with Crippen molar-refractivity contribution in [3.05, 3.63) is 59.7 Å². The molecule has 1 aliphatic rings. The molecule has 0 aromatic heterocycles. The van der Waals surface area contributed by atoms with Gasteiger partial charge in [-0.15, -0.1) is 0 Å². The number of esters is 1. The zero-order valence-corrected chi connectivity index (χ0v) is 13.5. The van der Waals surface area contributed by atoms with Crippen LogP contribution in [0.15, 0.2) is 48.5 Å². The number of amides is 1. The van der Waals surface area contributed by atoms with Crippen molar-refractivity contribution in [2.75, 3.05) is 10.5 Å². The maximum absolute atomic E-state index is 12.6. The van der Waals surface area contributed by atoms with Gasteiger partial charge in [-0.05, 0) is 0 Å². The molecular weight excluding hydrogens is 349 g/mol. The predicted octanol–water partition coefficient (Wildman–Crippen LogP) is 1.65. The van der Waals surface area contributed by atoms with E-state index in [1.165, 1.54) is 3.92 Å². The average Bonchev–Trinajstić information content (AvgIpc) is 2.80. The van der Waals surface area contributed by atoms with Gasteiger partial charge >= 0.3 is 131 Å². The number of ether oxygens (including phenoxy) is 1. The predicted molar refractivity (Wildman–Crippen MR) is 81.7 cm³/mol. The van der Waals surface area contributed by atoms with Crippen molar-refractivity contribution >= 4 is 36.1 Å². The summed E-state index contributed by atoms with van der Waals surface area (Å²) in [6, 6.07) is 13.3. The van der Waals surface area contributed by atoms with Gasteiger partial charge in [-0.25, -0.2) is 0 Å². The Labute approximate surface area is 131 Å². The molecule has 2 aromatic carbocycles. The minimum absolute atomic E-state index is 0.264. The number of nitrogens with zero attached hydrogens (tertiary/aromatic N) is 1. The van der Waals surface area contributed by atoms with Gasteiger partial charge in [-0.3, -0.25) is 0 Å². The van der Waals surface area contributed by atoms with E-state index < -0.39 is 20.0 Å². The molecule has 1 unspecified atom stereocenters. The van der Waals surface area contributed by atoms with E-state index in [1.807, 2.05) is 0 Å². The quantitative estimate of drug-likeness (QED) is 0.615. The van der Waals surface area contributed by atoms with Crippen LogP contribution >= 0.6 is 0 Å². The second-order valence-corrected chi connectivity index (χ2v) is 7.35. The van der Waals surface area contributed by atoms with Crippen LogP contribution in [-0.4, -0.2) is 32.5 Å². The molecule has 0 N–H and O–H groups in total. The molecular formula is C16H13NO4Se. The number of carbonyl (C=O) groups is 2. The number of fused-ring (bicyclic) bond motifs is 1. The number of hydrogen-bond acceptors (Lipinski definition) is 4. The molecule has 2 aromatic rings. The number of benzene rings is 2. The van der Waals surface area contributed by atoms with E-state index in [9.17, 15) is 13.4 Å². The standard InChI is InChI=1S/C16H13NO4Se/c1-2-21-16(19)11-7-9-12(10-8-11)17-15(18)13-5-3-4-6-14(13)22(17)20/h3-10H,2H2,1H3. The van der Waals surface area contributed by atoms with Crippen molar-refractivity contribution < 1.29 is 18.2 Å². The SMILES string of the molecule is CCOC(=O)c1ccc(N2C(=O)c3ccccc3[Se]2=O)cc1. The zero-order valence-electron chi connectivity index (χ0n) is 11.8. The first-order valence-corrected chi connectivity index (χ1v) is 9.08. The third-order valence-electron chi connectivity index (χ3n) is 3.27. The van der Waals surface area contributed by atoms with Crippen molar-refractivity contribution in [1.29, 1.82) is 0 Å². The van der Waals surface area contributed by atoms with Gasteiger partial charge in [0.15, 0.2) is 0 Å². The van der Waals surface area contributed by atoms with Crippen LogP contribution in [0.3, 0.4) is 0 Å². The van der Waals surface area contributed by atoms with E-state index in [-0.39, 0.29) is 5.91 Å². The molecule has 1 atom stereocenters. The molecule has 0 fully saturated rings. The Morgan fingerprint density at radius 3 is 2.45 bits per heavy atom. The van der Waals surface area contributed by atoms with E-state index in [2.05, 4.69) is 0 Å². The Kier molecular flexibility index (Phi) is 3.88. The molecule has 1 heterocycles. The normalized spacial score (nSPS) is 16.5. The van der Waals surface area contributed by atoms with Crippen molar-refractivity contribution in [3.8, 4) is 0 Å². The van der Waals surface area contributed by atoms with Crippen LogP contribution in [-0.2, 0) is 8.57 Å². The molecule has 5 nitrogen and oxygen atoms in total. The van der Waals surface area contributed by atoms with Crippen molar-refractivity contribution in [3.63, 3.8) is 0 Å².